The number of likely N-dealkylation sites (N-methyl/N-ethyl adjacent to an activating group) is 1. The van der Waals surface area contributed by atoms with Gasteiger partial charge in [-0.2, -0.15) is 0 Å². The van der Waals surface area contributed by atoms with Crippen LogP contribution in [0.1, 0.15) is 24.1 Å². The highest BCUT2D eigenvalue weighted by atomic mass is 32.2. The Hall–Kier alpha value is -2.71. The van der Waals surface area contributed by atoms with E-state index in [1.807, 2.05) is 49.3 Å². The average Bonchev–Trinajstić information content (AvgIpc) is 2.93. The van der Waals surface area contributed by atoms with Crippen LogP contribution in [0.2, 0.25) is 0 Å². The van der Waals surface area contributed by atoms with Gasteiger partial charge in [-0.3, -0.25) is 14.5 Å². The number of hydrogen-bond donors (Lipinski definition) is 2. The molecule has 0 radical (unpaired) electrons. The summed E-state index contributed by atoms with van der Waals surface area (Å²) in [5.41, 5.74) is 1.59. The molecule has 2 N–H and O–H groups in total. The molecule has 148 valence electrons. The average molecular weight is 401 g/mol. The third kappa shape index (κ3) is 4.23. The third-order valence-electron chi connectivity index (χ3n) is 4.64. The summed E-state index contributed by atoms with van der Waals surface area (Å²) in [6.07, 6.45) is 0. The quantitative estimate of drug-likeness (QED) is 0.769. The molecule has 0 fully saturated rings. The Morgan fingerprint density at radius 1 is 1.11 bits per heavy atom. The number of rotatable bonds is 6. The van der Waals surface area contributed by atoms with E-state index < -0.39 is 16.1 Å². The van der Waals surface area contributed by atoms with Crippen LogP contribution < -0.4 is 10.0 Å². The predicted octanol–water partition coefficient (Wildman–Crippen LogP) is 1.53. The maximum Gasteiger partial charge on any atom is 0.263 e. The molecule has 3 rings (SSSR count). The number of nitrogens with zero attached hydrogens (tertiary/aromatic N) is 2. The summed E-state index contributed by atoms with van der Waals surface area (Å²) in [5, 5.41) is 2.92. The molecule has 1 amide bonds. The van der Waals surface area contributed by atoms with E-state index in [0.29, 0.717) is 12.1 Å². The lowest BCUT2D eigenvalue weighted by Crippen LogP contribution is -2.39. The predicted molar refractivity (Wildman–Crippen MR) is 109 cm³/mol. The first kappa shape index (κ1) is 20.0. The SMILES string of the molecule is C[C@H](N=C1NS(=O)(=O)c2ccccc21)C(=O)NC[C@H](c1ccccc1)N(C)C. The van der Waals surface area contributed by atoms with Gasteiger partial charge in [-0.05, 0) is 38.7 Å². The lowest BCUT2D eigenvalue weighted by atomic mass is 10.1. The van der Waals surface area contributed by atoms with Crippen molar-refractivity contribution in [2.24, 2.45) is 4.99 Å². The number of hydrogen-bond acceptors (Lipinski definition) is 5. The van der Waals surface area contributed by atoms with Crippen molar-refractivity contribution in [3.63, 3.8) is 0 Å². The number of amidine groups is 1. The van der Waals surface area contributed by atoms with Gasteiger partial charge in [-0.25, -0.2) is 8.42 Å². The van der Waals surface area contributed by atoms with E-state index in [9.17, 15) is 13.2 Å². The number of sulfonamides is 1. The molecule has 2 atom stereocenters. The molecule has 0 aromatic heterocycles. The van der Waals surface area contributed by atoms with E-state index in [4.69, 9.17) is 0 Å². The van der Waals surface area contributed by atoms with Crippen LogP contribution in [-0.4, -0.2) is 51.7 Å². The number of carbonyl (C=O) groups is 1. The van der Waals surface area contributed by atoms with Crippen LogP contribution in [0.15, 0.2) is 64.5 Å². The highest BCUT2D eigenvalue weighted by Gasteiger charge is 2.31. The Kier molecular flexibility index (Phi) is 5.81. The highest BCUT2D eigenvalue weighted by molar-refractivity contribution is 7.90. The van der Waals surface area contributed by atoms with Gasteiger partial charge < -0.3 is 10.2 Å². The summed E-state index contributed by atoms with van der Waals surface area (Å²) in [6.45, 7) is 2.07. The first-order valence-electron chi connectivity index (χ1n) is 8.98. The van der Waals surface area contributed by atoms with E-state index in [2.05, 4.69) is 15.0 Å². The molecule has 28 heavy (non-hydrogen) atoms. The molecule has 1 heterocycles. The zero-order valence-electron chi connectivity index (χ0n) is 16.1. The second kappa shape index (κ2) is 8.12. The first-order valence-corrected chi connectivity index (χ1v) is 10.5. The minimum atomic E-state index is -3.62. The highest BCUT2D eigenvalue weighted by Crippen LogP contribution is 2.22. The van der Waals surface area contributed by atoms with E-state index in [1.165, 1.54) is 6.07 Å². The summed E-state index contributed by atoms with van der Waals surface area (Å²) in [6, 6.07) is 15.8. The summed E-state index contributed by atoms with van der Waals surface area (Å²) in [4.78, 5) is 19.1. The molecular weight excluding hydrogens is 376 g/mol. The fraction of sp³-hybridized carbons (Fsp3) is 0.300. The number of aliphatic imine (C=N–C) groups is 1. The number of amides is 1. The van der Waals surface area contributed by atoms with Gasteiger partial charge in [0.15, 0.2) is 0 Å². The number of benzene rings is 2. The maximum atomic E-state index is 12.5. The van der Waals surface area contributed by atoms with E-state index in [1.54, 1.807) is 25.1 Å². The van der Waals surface area contributed by atoms with Crippen molar-refractivity contribution in [1.82, 2.24) is 14.9 Å². The van der Waals surface area contributed by atoms with Gasteiger partial charge >= 0.3 is 0 Å². The van der Waals surface area contributed by atoms with Gasteiger partial charge in [-0.15, -0.1) is 0 Å². The Labute approximate surface area is 165 Å². The second-order valence-corrected chi connectivity index (χ2v) is 8.54. The zero-order chi connectivity index (χ0) is 20.3. The van der Waals surface area contributed by atoms with Crippen molar-refractivity contribution < 1.29 is 13.2 Å². The van der Waals surface area contributed by atoms with Crippen LogP contribution in [0, 0.1) is 0 Å². The van der Waals surface area contributed by atoms with Crippen molar-refractivity contribution in [3.8, 4) is 0 Å². The van der Waals surface area contributed by atoms with E-state index in [-0.39, 0.29) is 22.7 Å². The molecule has 1 aliphatic heterocycles. The van der Waals surface area contributed by atoms with Crippen LogP contribution in [0.25, 0.3) is 0 Å². The molecule has 1 aliphatic rings. The Bertz CT molecular complexity index is 988. The summed E-state index contributed by atoms with van der Waals surface area (Å²) < 4.78 is 26.8. The van der Waals surface area contributed by atoms with Crippen LogP contribution in [0.3, 0.4) is 0 Å². The molecule has 0 aliphatic carbocycles. The molecule has 8 heteroatoms. The molecule has 2 aromatic rings. The summed E-state index contributed by atoms with van der Waals surface area (Å²) >= 11 is 0. The van der Waals surface area contributed by atoms with Gasteiger partial charge in [0.1, 0.15) is 11.9 Å². The zero-order valence-corrected chi connectivity index (χ0v) is 16.9. The van der Waals surface area contributed by atoms with Crippen molar-refractivity contribution in [1.29, 1.82) is 0 Å². The molecule has 0 bridgehead atoms. The minimum Gasteiger partial charge on any atom is -0.352 e. The molecule has 2 aromatic carbocycles. The fourth-order valence-corrected chi connectivity index (χ4v) is 4.34. The van der Waals surface area contributed by atoms with Crippen molar-refractivity contribution in [2.75, 3.05) is 20.6 Å². The topological polar surface area (TPSA) is 90.9 Å². The summed E-state index contributed by atoms with van der Waals surface area (Å²) in [5.74, 6) is -0.0654. The second-order valence-electron chi connectivity index (χ2n) is 6.89. The largest absolute Gasteiger partial charge is 0.352 e. The monoisotopic (exact) mass is 400 g/mol. The standard InChI is InChI=1S/C20H24N4O3S/c1-14(22-19-16-11-7-8-12-18(16)28(26,27)23-19)20(25)21-13-17(24(2)3)15-9-5-4-6-10-15/h4-12,14,17H,13H2,1-3H3,(H,21,25)(H,22,23)/t14-,17+/m0/s1. The van der Waals surface area contributed by atoms with Crippen molar-refractivity contribution in [3.05, 3.63) is 65.7 Å². The van der Waals surface area contributed by atoms with Gasteiger partial charge in [0.2, 0.25) is 5.91 Å². The van der Waals surface area contributed by atoms with Crippen LogP contribution in [0.5, 0.6) is 0 Å². The number of carbonyl (C=O) groups excluding carboxylic acids is 1. The molecule has 7 nitrogen and oxygen atoms in total. The Morgan fingerprint density at radius 3 is 2.43 bits per heavy atom. The van der Waals surface area contributed by atoms with Crippen molar-refractivity contribution >= 4 is 21.8 Å². The van der Waals surface area contributed by atoms with Gasteiger partial charge in [-0.1, -0.05) is 42.5 Å². The molecular formula is C20H24N4O3S. The lowest BCUT2D eigenvalue weighted by molar-refractivity contribution is -0.122. The number of fused-ring (bicyclic) bond motifs is 1. The van der Waals surface area contributed by atoms with Crippen LogP contribution in [-0.2, 0) is 14.8 Å². The fourth-order valence-electron chi connectivity index (χ4n) is 3.10. The van der Waals surface area contributed by atoms with Gasteiger partial charge in [0, 0.05) is 12.1 Å². The van der Waals surface area contributed by atoms with Gasteiger partial charge in [0.05, 0.1) is 10.9 Å². The van der Waals surface area contributed by atoms with Gasteiger partial charge in [0.25, 0.3) is 10.0 Å². The smallest absolute Gasteiger partial charge is 0.263 e. The third-order valence-corrected chi connectivity index (χ3v) is 6.04. The normalized spacial score (nSPS) is 18.4. The molecule has 0 saturated carbocycles. The maximum absolute atomic E-state index is 12.5. The Morgan fingerprint density at radius 2 is 1.75 bits per heavy atom. The molecule has 0 spiro atoms. The summed E-state index contributed by atoms with van der Waals surface area (Å²) in [7, 11) is 0.294. The van der Waals surface area contributed by atoms with Crippen molar-refractivity contribution in [2.45, 2.75) is 23.9 Å². The minimum absolute atomic E-state index is 0.0238. The van der Waals surface area contributed by atoms with Crippen LogP contribution >= 0.6 is 0 Å². The van der Waals surface area contributed by atoms with E-state index in [0.717, 1.165) is 5.56 Å². The first-order chi connectivity index (χ1) is 13.3. The Balaban J connectivity index is 1.71. The van der Waals surface area contributed by atoms with Crippen LogP contribution in [0.4, 0.5) is 0 Å². The van der Waals surface area contributed by atoms with E-state index >= 15 is 0 Å². The lowest BCUT2D eigenvalue weighted by Gasteiger charge is -2.25. The molecule has 0 unspecified atom stereocenters. The molecule has 0 saturated heterocycles. The number of nitrogens with one attached hydrogen (secondary N) is 2.